The van der Waals surface area contributed by atoms with Gasteiger partial charge >= 0.3 is 0 Å². The van der Waals surface area contributed by atoms with Gasteiger partial charge in [-0.2, -0.15) is 0 Å². The highest BCUT2D eigenvalue weighted by Gasteiger charge is 2.28. The van der Waals surface area contributed by atoms with Crippen molar-refractivity contribution in [1.82, 2.24) is 10.2 Å². The molecule has 1 saturated heterocycles. The van der Waals surface area contributed by atoms with Crippen LogP contribution in [0.5, 0.6) is 5.75 Å². The fourth-order valence-corrected chi connectivity index (χ4v) is 2.75. The third-order valence-electron chi connectivity index (χ3n) is 4.66. The largest absolute Gasteiger partial charge is 0.493 e. The van der Waals surface area contributed by atoms with Gasteiger partial charge in [-0.05, 0) is 51.0 Å². The molecule has 0 bridgehead atoms. The molecule has 1 aromatic rings. The van der Waals surface area contributed by atoms with Crippen molar-refractivity contribution in [3.63, 3.8) is 0 Å². The predicted octanol–water partition coefficient (Wildman–Crippen LogP) is 2.30. The van der Waals surface area contributed by atoms with E-state index in [9.17, 15) is 4.79 Å². The van der Waals surface area contributed by atoms with E-state index in [0.717, 1.165) is 32.1 Å². The Kier molecular flexibility index (Phi) is 6.63. The Balaban J connectivity index is 1.70. The molecule has 1 amide bonds. The number of nitrogens with one attached hydrogen (secondary N) is 1. The highest BCUT2D eigenvalue weighted by atomic mass is 16.5. The van der Waals surface area contributed by atoms with Crippen LogP contribution in [0.3, 0.4) is 0 Å². The molecule has 1 aliphatic rings. The summed E-state index contributed by atoms with van der Waals surface area (Å²) >= 11 is 0. The number of hydrogen-bond donors (Lipinski definition) is 1. The van der Waals surface area contributed by atoms with Crippen LogP contribution in [0.25, 0.3) is 0 Å². The van der Waals surface area contributed by atoms with E-state index >= 15 is 0 Å². The number of nitrogens with zero attached hydrogens (tertiary/aromatic N) is 1. The van der Waals surface area contributed by atoms with E-state index in [-0.39, 0.29) is 11.4 Å². The minimum atomic E-state index is -0.0611. The van der Waals surface area contributed by atoms with Gasteiger partial charge in [0.1, 0.15) is 5.75 Å². The molecule has 0 aliphatic carbocycles. The normalized spacial score (nSPS) is 16.0. The summed E-state index contributed by atoms with van der Waals surface area (Å²) in [4.78, 5) is 14.4. The van der Waals surface area contributed by atoms with Crippen LogP contribution in [0, 0.1) is 13.8 Å². The van der Waals surface area contributed by atoms with Gasteiger partial charge in [-0.15, -0.1) is 0 Å². The maximum atomic E-state index is 12.0. The van der Waals surface area contributed by atoms with Crippen molar-refractivity contribution in [3.8, 4) is 5.75 Å². The second-order valence-corrected chi connectivity index (χ2v) is 7.03. The maximum absolute atomic E-state index is 12.0. The minimum Gasteiger partial charge on any atom is -0.493 e. The Bertz CT molecular complexity index is 552. The summed E-state index contributed by atoms with van der Waals surface area (Å²) in [7, 11) is 0. The molecule has 0 saturated carbocycles. The van der Waals surface area contributed by atoms with E-state index in [4.69, 9.17) is 9.47 Å². The average molecular weight is 334 g/mol. The second-order valence-electron chi connectivity index (χ2n) is 7.03. The molecule has 0 atom stereocenters. The second kappa shape index (κ2) is 8.49. The first-order chi connectivity index (χ1) is 11.4. The molecular weight excluding hydrogens is 304 g/mol. The Labute approximate surface area is 145 Å². The van der Waals surface area contributed by atoms with Crippen LogP contribution in [-0.4, -0.2) is 55.8 Å². The van der Waals surface area contributed by atoms with Crippen LogP contribution >= 0.6 is 0 Å². The molecule has 0 aromatic heterocycles. The van der Waals surface area contributed by atoms with Gasteiger partial charge in [-0.1, -0.05) is 6.07 Å². The molecule has 5 nitrogen and oxygen atoms in total. The maximum Gasteiger partial charge on any atom is 0.223 e. The van der Waals surface area contributed by atoms with Crippen molar-refractivity contribution in [2.24, 2.45) is 0 Å². The van der Waals surface area contributed by atoms with Crippen LogP contribution < -0.4 is 10.1 Å². The smallest absolute Gasteiger partial charge is 0.223 e. The molecule has 0 spiro atoms. The number of hydrogen-bond acceptors (Lipinski definition) is 4. The lowest BCUT2D eigenvalue weighted by Crippen LogP contribution is -2.55. The van der Waals surface area contributed by atoms with Crippen molar-refractivity contribution in [1.29, 1.82) is 0 Å². The van der Waals surface area contributed by atoms with Crippen LogP contribution in [0.15, 0.2) is 18.2 Å². The molecule has 1 aliphatic heterocycles. The molecular formula is C19H30N2O3. The summed E-state index contributed by atoms with van der Waals surface area (Å²) in [5, 5.41) is 3.03. The lowest BCUT2D eigenvalue weighted by Gasteiger charge is -2.40. The number of carbonyl (C=O) groups excluding carboxylic acids is 1. The molecule has 1 fully saturated rings. The van der Waals surface area contributed by atoms with Crippen LogP contribution in [0.1, 0.15) is 31.4 Å². The molecule has 24 heavy (non-hydrogen) atoms. The number of carbonyl (C=O) groups is 1. The zero-order valence-electron chi connectivity index (χ0n) is 15.4. The van der Waals surface area contributed by atoms with E-state index in [1.54, 1.807) is 0 Å². The van der Waals surface area contributed by atoms with Gasteiger partial charge in [0.2, 0.25) is 5.91 Å². The molecule has 0 radical (unpaired) electrons. The predicted molar refractivity (Wildman–Crippen MR) is 95.5 cm³/mol. The first-order valence-corrected chi connectivity index (χ1v) is 8.68. The van der Waals surface area contributed by atoms with Crippen LogP contribution in [0.2, 0.25) is 0 Å². The van der Waals surface area contributed by atoms with Crippen molar-refractivity contribution in [2.45, 2.75) is 39.7 Å². The molecule has 1 N–H and O–H groups in total. The fourth-order valence-electron chi connectivity index (χ4n) is 2.75. The molecule has 0 unspecified atom stereocenters. The zero-order chi connectivity index (χ0) is 17.6. The summed E-state index contributed by atoms with van der Waals surface area (Å²) < 4.78 is 11.1. The third-order valence-corrected chi connectivity index (χ3v) is 4.66. The average Bonchev–Trinajstić information content (AvgIpc) is 2.57. The van der Waals surface area contributed by atoms with Gasteiger partial charge in [-0.3, -0.25) is 9.69 Å². The van der Waals surface area contributed by atoms with E-state index < -0.39 is 0 Å². The van der Waals surface area contributed by atoms with Gasteiger partial charge in [0.05, 0.1) is 26.2 Å². The van der Waals surface area contributed by atoms with Gasteiger partial charge in [-0.25, -0.2) is 0 Å². The van der Waals surface area contributed by atoms with Crippen LogP contribution in [0.4, 0.5) is 0 Å². The summed E-state index contributed by atoms with van der Waals surface area (Å²) in [5.74, 6) is 0.847. The lowest BCUT2D eigenvalue weighted by atomic mass is 10.0. The van der Waals surface area contributed by atoms with Crippen molar-refractivity contribution < 1.29 is 14.3 Å². The number of ether oxygens (including phenoxy) is 2. The van der Waals surface area contributed by atoms with Crippen molar-refractivity contribution in [3.05, 3.63) is 29.3 Å². The number of rotatable bonds is 7. The van der Waals surface area contributed by atoms with Gasteiger partial charge < -0.3 is 14.8 Å². The van der Waals surface area contributed by atoms with Gasteiger partial charge in [0.15, 0.2) is 0 Å². The summed E-state index contributed by atoms with van der Waals surface area (Å²) in [5.41, 5.74) is 2.38. The molecule has 1 aromatic carbocycles. The molecule has 5 heteroatoms. The van der Waals surface area contributed by atoms with E-state index in [0.29, 0.717) is 19.6 Å². The highest BCUT2D eigenvalue weighted by Crippen LogP contribution is 2.17. The fraction of sp³-hybridized carbons (Fsp3) is 0.632. The highest BCUT2D eigenvalue weighted by molar-refractivity contribution is 5.76. The van der Waals surface area contributed by atoms with E-state index in [1.807, 2.05) is 18.2 Å². The van der Waals surface area contributed by atoms with Crippen molar-refractivity contribution >= 4 is 5.91 Å². The minimum absolute atomic E-state index is 0.0279. The van der Waals surface area contributed by atoms with E-state index in [2.05, 4.69) is 37.9 Å². The Hall–Kier alpha value is -1.59. The number of amides is 1. The SMILES string of the molecule is Cc1ccc(OCCC(=O)NCC(C)(C)N2CCOCC2)cc1C. The summed E-state index contributed by atoms with van der Waals surface area (Å²) in [6.07, 6.45) is 0.367. The quantitative estimate of drug-likeness (QED) is 0.831. The van der Waals surface area contributed by atoms with Gasteiger partial charge in [0.25, 0.3) is 0 Å². The van der Waals surface area contributed by atoms with E-state index in [1.165, 1.54) is 11.1 Å². The monoisotopic (exact) mass is 334 g/mol. The summed E-state index contributed by atoms with van der Waals surface area (Å²) in [6, 6.07) is 5.99. The van der Waals surface area contributed by atoms with Crippen LogP contribution in [-0.2, 0) is 9.53 Å². The lowest BCUT2D eigenvalue weighted by molar-refractivity contribution is -0.122. The standard InChI is InChI=1S/C19H30N2O3/c1-15-5-6-17(13-16(15)2)24-10-7-18(22)20-14-19(3,4)21-8-11-23-12-9-21/h5-6,13H,7-12,14H2,1-4H3,(H,20,22). The number of aryl methyl sites for hydroxylation is 2. The first-order valence-electron chi connectivity index (χ1n) is 8.68. The van der Waals surface area contributed by atoms with Gasteiger partial charge in [0, 0.05) is 25.2 Å². The Morgan fingerprint density at radius 3 is 2.62 bits per heavy atom. The van der Waals surface area contributed by atoms with Crippen molar-refractivity contribution in [2.75, 3.05) is 39.5 Å². The molecule has 1 heterocycles. The zero-order valence-corrected chi connectivity index (χ0v) is 15.4. The number of benzene rings is 1. The number of morpholine rings is 1. The Morgan fingerprint density at radius 1 is 1.25 bits per heavy atom. The molecule has 2 rings (SSSR count). The topological polar surface area (TPSA) is 50.8 Å². The first kappa shape index (κ1) is 18.7. The summed E-state index contributed by atoms with van der Waals surface area (Å²) in [6.45, 7) is 12.8. The Morgan fingerprint density at radius 2 is 1.96 bits per heavy atom. The molecule has 134 valence electrons. The third kappa shape index (κ3) is 5.49.